The van der Waals surface area contributed by atoms with Crippen LogP contribution in [0.5, 0.6) is 23.0 Å². The van der Waals surface area contributed by atoms with Crippen LogP contribution in [0.15, 0.2) is 60.7 Å². The Kier molecular flexibility index (Phi) is 10.9. The van der Waals surface area contributed by atoms with Crippen molar-refractivity contribution in [1.82, 2.24) is 10.2 Å². The molecule has 0 aromatic heterocycles. The highest BCUT2D eigenvalue weighted by Crippen LogP contribution is 2.29. The van der Waals surface area contributed by atoms with Crippen LogP contribution in [0.25, 0.3) is 0 Å². The number of ether oxygens (including phenoxy) is 4. The van der Waals surface area contributed by atoms with Crippen LogP contribution >= 0.6 is 11.6 Å². The summed E-state index contributed by atoms with van der Waals surface area (Å²) in [6.07, 6.45) is 0.687. The second-order valence-corrected chi connectivity index (χ2v) is 9.36. The molecule has 0 fully saturated rings. The summed E-state index contributed by atoms with van der Waals surface area (Å²) in [6.45, 7) is 2.39. The number of halogens is 1. The van der Waals surface area contributed by atoms with Gasteiger partial charge in [0.2, 0.25) is 11.8 Å². The standard InChI is InChI=1S/C30H35ClN2O6/c1-20(30(35)32-15-14-21-8-12-25(36-2)27(16-21)38-4)33(19-22-6-10-24(31)11-7-22)29(34)18-23-9-13-26(37-3)28(17-23)39-5/h6-13,16-17,20H,14-15,18-19H2,1-5H3,(H,32,35)/t20-/m1/s1. The number of carbonyl (C=O) groups excluding carboxylic acids is 2. The molecule has 0 bridgehead atoms. The molecule has 0 radical (unpaired) electrons. The van der Waals surface area contributed by atoms with Crippen molar-refractivity contribution in [2.24, 2.45) is 0 Å². The summed E-state index contributed by atoms with van der Waals surface area (Å²) < 4.78 is 21.3. The fraction of sp³-hybridized carbons (Fsp3) is 0.333. The van der Waals surface area contributed by atoms with Gasteiger partial charge in [0, 0.05) is 18.1 Å². The van der Waals surface area contributed by atoms with E-state index in [1.807, 2.05) is 36.4 Å². The van der Waals surface area contributed by atoms with E-state index in [0.29, 0.717) is 41.0 Å². The van der Waals surface area contributed by atoms with Gasteiger partial charge in [-0.1, -0.05) is 35.9 Å². The normalized spacial score (nSPS) is 11.3. The van der Waals surface area contributed by atoms with Crippen LogP contribution in [0, 0.1) is 0 Å². The van der Waals surface area contributed by atoms with Crippen LogP contribution in [-0.4, -0.2) is 57.7 Å². The van der Waals surface area contributed by atoms with Crippen LogP contribution in [0.2, 0.25) is 5.02 Å². The highest BCUT2D eigenvalue weighted by molar-refractivity contribution is 6.30. The number of nitrogens with one attached hydrogen (secondary N) is 1. The van der Waals surface area contributed by atoms with Crippen molar-refractivity contribution in [2.75, 3.05) is 35.0 Å². The summed E-state index contributed by atoms with van der Waals surface area (Å²) in [6, 6.07) is 17.5. The van der Waals surface area contributed by atoms with E-state index in [-0.39, 0.29) is 24.8 Å². The second kappa shape index (κ2) is 14.3. The quantitative estimate of drug-likeness (QED) is 0.330. The van der Waals surface area contributed by atoms with E-state index in [4.69, 9.17) is 30.5 Å². The van der Waals surface area contributed by atoms with E-state index >= 15 is 0 Å². The minimum atomic E-state index is -0.710. The molecule has 3 aromatic carbocycles. The lowest BCUT2D eigenvalue weighted by molar-refractivity contribution is -0.140. The molecule has 2 amide bonds. The Hall–Kier alpha value is -3.91. The van der Waals surface area contributed by atoms with Gasteiger partial charge in [0.05, 0.1) is 34.9 Å². The second-order valence-electron chi connectivity index (χ2n) is 8.92. The third-order valence-corrected chi connectivity index (χ3v) is 6.65. The Labute approximate surface area is 234 Å². The largest absolute Gasteiger partial charge is 0.493 e. The number of nitrogens with zero attached hydrogens (tertiary/aromatic N) is 1. The number of amides is 2. The maximum absolute atomic E-state index is 13.5. The summed E-state index contributed by atoms with van der Waals surface area (Å²) in [5, 5.41) is 3.56. The third-order valence-electron chi connectivity index (χ3n) is 6.40. The average molecular weight is 555 g/mol. The summed E-state index contributed by atoms with van der Waals surface area (Å²) in [5.41, 5.74) is 2.60. The lowest BCUT2D eigenvalue weighted by atomic mass is 10.1. The van der Waals surface area contributed by atoms with Crippen molar-refractivity contribution >= 4 is 23.4 Å². The Morgan fingerprint density at radius 1 is 0.769 bits per heavy atom. The molecule has 1 atom stereocenters. The summed E-state index contributed by atoms with van der Waals surface area (Å²) in [5.74, 6) is 1.95. The maximum Gasteiger partial charge on any atom is 0.242 e. The van der Waals surface area contributed by atoms with Crippen molar-refractivity contribution < 1.29 is 28.5 Å². The zero-order chi connectivity index (χ0) is 28.4. The van der Waals surface area contributed by atoms with Gasteiger partial charge in [-0.2, -0.15) is 0 Å². The molecule has 0 saturated heterocycles. The van der Waals surface area contributed by atoms with Crippen LogP contribution in [0.4, 0.5) is 0 Å². The molecule has 39 heavy (non-hydrogen) atoms. The Morgan fingerprint density at radius 3 is 1.85 bits per heavy atom. The van der Waals surface area contributed by atoms with Crippen LogP contribution in [-0.2, 0) is 29.0 Å². The Bertz CT molecular complexity index is 1260. The van der Waals surface area contributed by atoms with Crippen LogP contribution in [0.1, 0.15) is 23.6 Å². The van der Waals surface area contributed by atoms with Gasteiger partial charge in [0.1, 0.15) is 6.04 Å². The smallest absolute Gasteiger partial charge is 0.242 e. The molecule has 208 valence electrons. The van der Waals surface area contributed by atoms with Crippen molar-refractivity contribution in [2.45, 2.75) is 32.4 Å². The number of hydrogen-bond acceptors (Lipinski definition) is 6. The maximum atomic E-state index is 13.5. The molecule has 0 spiro atoms. The molecule has 0 aliphatic heterocycles. The van der Waals surface area contributed by atoms with E-state index in [0.717, 1.165) is 16.7 Å². The number of benzene rings is 3. The molecule has 9 heteroatoms. The molecule has 3 aromatic rings. The predicted molar refractivity (Wildman–Crippen MR) is 151 cm³/mol. The Balaban J connectivity index is 1.72. The molecule has 3 rings (SSSR count). The third kappa shape index (κ3) is 8.04. The summed E-state index contributed by atoms with van der Waals surface area (Å²) in [7, 11) is 6.27. The van der Waals surface area contributed by atoms with E-state index < -0.39 is 6.04 Å². The molecule has 0 saturated carbocycles. The van der Waals surface area contributed by atoms with Crippen molar-refractivity contribution in [1.29, 1.82) is 0 Å². The van der Waals surface area contributed by atoms with E-state index in [2.05, 4.69) is 5.32 Å². The topological polar surface area (TPSA) is 86.3 Å². The number of hydrogen-bond donors (Lipinski definition) is 1. The van der Waals surface area contributed by atoms with Crippen molar-refractivity contribution in [3.05, 3.63) is 82.4 Å². The molecular weight excluding hydrogens is 520 g/mol. The van der Waals surface area contributed by atoms with Gasteiger partial charge in [-0.15, -0.1) is 0 Å². The number of carbonyl (C=O) groups is 2. The van der Waals surface area contributed by atoms with Gasteiger partial charge in [-0.25, -0.2) is 0 Å². The molecule has 0 aliphatic carbocycles. The molecule has 8 nitrogen and oxygen atoms in total. The summed E-state index contributed by atoms with van der Waals surface area (Å²) >= 11 is 6.05. The van der Waals surface area contributed by atoms with Gasteiger partial charge >= 0.3 is 0 Å². The van der Waals surface area contributed by atoms with Crippen molar-refractivity contribution in [3.8, 4) is 23.0 Å². The SMILES string of the molecule is COc1ccc(CCNC(=O)[C@@H](C)N(Cc2ccc(Cl)cc2)C(=O)Cc2ccc(OC)c(OC)c2)cc1OC. The predicted octanol–water partition coefficient (Wildman–Crippen LogP) is 4.69. The van der Waals surface area contributed by atoms with Crippen LogP contribution in [0.3, 0.4) is 0 Å². The molecular formula is C30H35ClN2O6. The monoisotopic (exact) mass is 554 g/mol. The lowest BCUT2D eigenvalue weighted by Crippen LogP contribution is -2.48. The highest BCUT2D eigenvalue weighted by atomic mass is 35.5. The lowest BCUT2D eigenvalue weighted by Gasteiger charge is -2.29. The minimum absolute atomic E-state index is 0.0945. The first-order chi connectivity index (χ1) is 18.8. The number of rotatable bonds is 13. The average Bonchev–Trinajstić information content (AvgIpc) is 2.96. The van der Waals surface area contributed by atoms with Gasteiger partial charge in [-0.05, 0) is 66.4 Å². The van der Waals surface area contributed by atoms with Gasteiger partial charge in [0.25, 0.3) is 0 Å². The first-order valence-corrected chi connectivity index (χ1v) is 12.9. The Morgan fingerprint density at radius 2 is 1.28 bits per heavy atom. The fourth-order valence-corrected chi connectivity index (χ4v) is 4.28. The fourth-order valence-electron chi connectivity index (χ4n) is 4.15. The molecule has 0 aliphatic rings. The summed E-state index contributed by atoms with van der Waals surface area (Å²) in [4.78, 5) is 28.3. The van der Waals surface area contributed by atoms with Crippen LogP contribution < -0.4 is 24.3 Å². The van der Waals surface area contributed by atoms with E-state index in [1.54, 1.807) is 64.5 Å². The minimum Gasteiger partial charge on any atom is -0.493 e. The zero-order valence-electron chi connectivity index (χ0n) is 23.0. The first kappa shape index (κ1) is 29.6. The number of methoxy groups -OCH3 is 4. The highest BCUT2D eigenvalue weighted by Gasteiger charge is 2.26. The van der Waals surface area contributed by atoms with Gasteiger partial charge < -0.3 is 29.2 Å². The molecule has 1 N–H and O–H groups in total. The molecule has 0 unspecified atom stereocenters. The van der Waals surface area contributed by atoms with Crippen molar-refractivity contribution in [3.63, 3.8) is 0 Å². The van der Waals surface area contributed by atoms with E-state index in [9.17, 15) is 9.59 Å². The first-order valence-electron chi connectivity index (χ1n) is 12.5. The van der Waals surface area contributed by atoms with Gasteiger partial charge in [0.15, 0.2) is 23.0 Å². The zero-order valence-corrected chi connectivity index (χ0v) is 23.7. The van der Waals surface area contributed by atoms with E-state index in [1.165, 1.54) is 0 Å². The molecule has 0 heterocycles. The van der Waals surface area contributed by atoms with Gasteiger partial charge in [-0.3, -0.25) is 9.59 Å².